The molecule has 1 saturated heterocycles. The van der Waals surface area contributed by atoms with Crippen molar-refractivity contribution in [2.24, 2.45) is 7.05 Å². The van der Waals surface area contributed by atoms with Crippen LogP contribution < -0.4 is 15.4 Å². The minimum absolute atomic E-state index is 0.0610. The van der Waals surface area contributed by atoms with Crippen LogP contribution in [0.1, 0.15) is 56.6 Å². The summed E-state index contributed by atoms with van der Waals surface area (Å²) in [6.45, 7) is -0.0610. The van der Waals surface area contributed by atoms with Crippen molar-refractivity contribution in [3.05, 3.63) is 23.9 Å². The van der Waals surface area contributed by atoms with Gasteiger partial charge < -0.3 is 10.1 Å². The fourth-order valence-electron chi connectivity index (χ4n) is 4.32. The second-order valence-corrected chi connectivity index (χ2v) is 7.86. The number of hydrogen-bond acceptors (Lipinski definition) is 5. The van der Waals surface area contributed by atoms with Crippen molar-refractivity contribution in [1.29, 1.82) is 0 Å². The minimum Gasteiger partial charge on any atom is -0.482 e. The fraction of sp³-hybridized carbons (Fsp3) is 0.524. The van der Waals surface area contributed by atoms with E-state index in [0.717, 1.165) is 36.6 Å². The van der Waals surface area contributed by atoms with Gasteiger partial charge in [0, 0.05) is 24.9 Å². The van der Waals surface area contributed by atoms with E-state index in [1.54, 1.807) is 17.8 Å². The highest BCUT2D eigenvalue weighted by molar-refractivity contribution is 6.03. The number of nitrogens with zero attached hydrogens (tertiary/aromatic N) is 2. The summed E-state index contributed by atoms with van der Waals surface area (Å²) in [4.78, 5) is 36.0. The number of nitrogens with one attached hydrogen (secondary N) is 2. The molecule has 8 nitrogen and oxygen atoms in total. The predicted octanol–water partition coefficient (Wildman–Crippen LogP) is 1.92. The Morgan fingerprint density at radius 1 is 1.24 bits per heavy atom. The molecule has 2 fully saturated rings. The van der Waals surface area contributed by atoms with Crippen molar-refractivity contribution in [3.63, 3.8) is 0 Å². The molecule has 4 rings (SSSR count). The molecule has 8 heteroatoms. The minimum atomic E-state index is -0.471. The Hall–Kier alpha value is -2.90. The molecule has 154 valence electrons. The quantitative estimate of drug-likeness (QED) is 0.749. The number of para-hydroxylation sites is 1. The maximum absolute atomic E-state index is 12.3. The molecule has 0 bridgehead atoms. The molecule has 29 heavy (non-hydrogen) atoms. The monoisotopic (exact) mass is 398 g/mol. The largest absolute Gasteiger partial charge is 0.482 e. The summed E-state index contributed by atoms with van der Waals surface area (Å²) in [5, 5.41) is 10.8. The standard InChI is InChI=1S/C21H26N4O4/c1-25-20-14(19(24-25)15-10-11-17(26)23-21(15)28)8-5-9-16(20)29-12-18(27)22-13-6-3-2-4-7-13/h5,8-9,13,15H,2-4,6-7,10-12H2,1H3,(H,22,27)(H,23,26,28). The van der Waals surface area contributed by atoms with Crippen molar-refractivity contribution >= 4 is 28.6 Å². The number of aromatic nitrogens is 2. The second-order valence-electron chi connectivity index (χ2n) is 7.86. The molecule has 2 heterocycles. The molecule has 1 unspecified atom stereocenters. The zero-order valence-corrected chi connectivity index (χ0v) is 16.6. The molecule has 2 N–H and O–H groups in total. The molecule has 0 radical (unpaired) electrons. The van der Waals surface area contributed by atoms with Gasteiger partial charge in [0.25, 0.3) is 5.91 Å². The van der Waals surface area contributed by atoms with Crippen molar-refractivity contribution in [2.75, 3.05) is 6.61 Å². The normalized spacial score (nSPS) is 20.5. The highest BCUT2D eigenvalue weighted by Crippen LogP contribution is 2.34. The maximum Gasteiger partial charge on any atom is 0.258 e. The molecule has 3 amide bonds. The summed E-state index contributed by atoms with van der Waals surface area (Å²) >= 11 is 0. The van der Waals surface area contributed by atoms with Gasteiger partial charge in [0.2, 0.25) is 11.8 Å². The van der Waals surface area contributed by atoms with E-state index in [0.29, 0.717) is 24.3 Å². The first-order chi connectivity index (χ1) is 14.0. The molecular weight excluding hydrogens is 372 g/mol. The highest BCUT2D eigenvalue weighted by Gasteiger charge is 2.32. The van der Waals surface area contributed by atoms with Crippen LogP contribution in [0.2, 0.25) is 0 Å². The van der Waals surface area contributed by atoms with Gasteiger partial charge in [-0.2, -0.15) is 5.10 Å². The van der Waals surface area contributed by atoms with E-state index >= 15 is 0 Å². The third-order valence-corrected chi connectivity index (χ3v) is 5.75. The summed E-state index contributed by atoms with van der Waals surface area (Å²) in [6.07, 6.45) is 6.34. The van der Waals surface area contributed by atoms with Gasteiger partial charge in [-0.3, -0.25) is 24.4 Å². The lowest BCUT2D eigenvalue weighted by Gasteiger charge is -2.22. The Kier molecular flexibility index (Phi) is 5.51. The molecular formula is C21H26N4O4. The Labute approximate surface area is 169 Å². The number of hydrogen-bond donors (Lipinski definition) is 2. The van der Waals surface area contributed by atoms with Crippen LogP contribution in [0.3, 0.4) is 0 Å². The van der Waals surface area contributed by atoms with E-state index < -0.39 is 5.92 Å². The zero-order chi connectivity index (χ0) is 20.4. The summed E-state index contributed by atoms with van der Waals surface area (Å²) in [5.41, 5.74) is 1.36. The first-order valence-corrected chi connectivity index (χ1v) is 10.2. The van der Waals surface area contributed by atoms with Gasteiger partial charge in [-0.25, -0.2) is 0 Å². The number of amides is 3. The first kappa shape index (κ1) is 19.4. The number of imide groups is 1. The van der Waals surface area contributed by atoms with Crippen LogP contribution in [0.25, 0.3) is 10.9 Å². The van der Waals surface area contributed by atoms with E-state index in [9.17, 15) is 14.4 Å². The average molecular weight is 398 g/mol. The summed E-state index contributed by atoms with van der Waals surface area (Å²) in [5.74, 6) is -0.614. The van der Waals surface area contributed by atoms with E-state index in [1.165, 1.54) is 6.42 Å². The SMILES string of the molecule is Cn1nc(C2CCC(=O)NC2=O)c2cccc(OCC(=O)NC3CCCCC3)c21. The van der Waals surface area contributed by atoms with E-state index in [4.69, 9.17) is 4.74 Å². The number of ether oxygens (including phenoxy) is 1. The Morgan fingerprint density at radius 2 is 2.03 bits per heavy atom. The van der Waals surface area contributed by atoms with Crippen LogP contribution in [0.15, 0.2) is 18.2 Å². The van der Waals surface area contributed by atoms with Crippen molar-refractivity contribution < 1.29 is 19.1 Å². The lowest BCUT2D eigenvalue weighted by Crippen LogP contribution is -2.39. The maximum atomic E-state index is 12.3. The van der Waals surface area contributed by atoms with E-state index in [1.807, 2.05) is 12.1 Å². The number of piperidine rings is 1. The summed E-state index contributed by atoms with van der Waals surface area (Å²) < 4.78 is 7.49. The van der Waals surface area contributed by atoms with Crippen LogP contribution in [0, 0.1) is 0 Å². The van der Waals surface area contributed by atoms with Gasteiger partial charge in [-0.05, 0) is 25.3 Å². The number of fused-ring (bicyclic) bond motifs is 1. The number of carbonyl (C=O) groups is 3. The molecule has 1 aromatic carbocycles. The third kappa shape index (κ3) is 4.11. The lowest BCUT2D eigenvalue weighted by molar-refractivity contribution is -0.134. The molecule has 2 aromatic rings. The first-order valence-electron chi connectivity index (χ1n) is 10.2. The molecule has 0 spiro atoms. The Bertz CT molecular complexity index is 946. The second kappa shape index (κ2) is 8.23. The van der Waals surface area contributed by atoms with Gasteiger partial charge in [-0.1, -0.05) is 31.4 Å². The zero-order valence-electron chi connectivity index (χ0n) is 16.6. The molecule has 1 atom stereocenters. The van der Waals surface area contributed by atoms with Crippen molar-refractivity contribution in [2.45, 2.75) is 56.9 Å². The van der Waals surface area contributed by atoms with Crippen LogP contribution in [-0.2, 0) is 21.4 Å². The van der Waals surface area contributed by atoms with Crippen molar-refractivity contribution in [1.82, 2.24) is 20.4 Å². The van der Waals surface area contributed by atoms with E-state index in [2.05, 4.69) is 15.7 Å². The number of carbonyl (C=O) groups excluding carboxylic acids is 3. The van der Waals surface area contributed by atoms with Crippen LogP contribution in [-0.4, -0.2) is 40.2 Å². The lowest BCUT2D eigenvalue weighted by atomic mass is 9.93. The number of rotatable bonds is 5. The summed E-state index contributed by atoms with van der Waals surface area (Å²) in [6, 6.07) is 5.75. The highest BCUT2D eigenvalue weighted by atomic mass is 16.5. The van der Waals surface area contributed by atoms with Gasteiger partial charge in [0.05, 0.1) is 11.6 Å². The van der Waals surface area contributed by atoms with Gasteiger partial charge >= 0.3 is 0 Å². The number of aryl methyl sites for hydroxylation is 1. The van der Waals surface area contributed by atoms with Crippen molar-refractivity contribution in [3.8, 4) is 5.75 Å². The van der Waals surface area contributed by atoms with Crippen LogP contribution >= 0.6 is 0 Å². The Balaban J connectivity index is 1.50. The molecule has 1 aliphatic heterocycles. The third-order valence-electron chi connectivity index (χ3n) is 5.75. The topological polar surface area (TPSA) is 102 Å². The fourth-order valence-corrected chi connectivity index (χ4v) is 4.32. The average Bonchev–Trinajstić information content (AvgIpc) is 3.04. The smallest absolute Gasteiger partial charge is 0.258 e. The molecule has 2 aliphatic rings. The van der Waals surface area contributed by atoms with E-state index in [-0.39, 0.29) is 30.4 Å². The predicted molar refractivity (Wildman–Crippen MR) is 106 cm³/mol. The summed E-state index contributed by atoms with van der Waals surface area (Å²) in [7, 11) is 1.78. The molecule has 1 aromatic heterocycles. The molecule has 1 saturated carbocycles. The molecule has 1 aliphatic carbocycles. The van der Waals surface area contributed by atoms with Crippen LogP contribution in [0.5, 0.6) is 5.75 Å². The van der Waals surface area contributed by atoms with Gasteiger partial charge in [-0.15, -0.1) is 0 Å². The van der Waals surface area contributed by atoms with Gasteiger partial charge in [0.1, 0.15) is 11.3 Å². The number of benzene rings is 1. The Morgan fingerprint density at radius 3 is 2.79 bits per heavy atom. The van der Waals surface area contributed by atoms with Gasteiger partial charge in [0.15, 0.2) is 6.61 Å². The van der Waals surface area contributed by atoms with Crippen LogP contribution in [0.4, 0.5) is 0 Å².